The minimum Gasteiger partial charge on any atom is -0.330 e. The molecule has 2 rings (SSSR count). The van der Waals surface area contributed by atoms with Crippen molar-refractivity contribution in [2.75, 3.05) is 6.54 Å². The van der Waals surface area contributed by atoms with Crippen molar-refractivity contribution in [3.63, 3.8) is 0 Å². The minimum atomic E-state index is -4.46. The highest BCUT2D eigenvalue weighted by atomic mass is 35.5. The third kappa shape index (κ3) is 3.16. The second-order valence-electron chi connectivity index (χ2n) is 4.98. The van der Waals surface area contributed by atoms with Crippen LogP contribution in [0.25, 0.3) is 0 Å². The highest BCUT2D eigenvalue weighted by Gasteiger charge is 2.52. The Hall–Kier alpha value is -0.920. The minimum absolute atomic E-state index is 0.113. The molecule has 1 saturated carbocycles. The summed E-state index contributed by atoms with van der Waals surface area (Å²) in [6, 6.07) is 0. The van der Waals surface area contributed by atoms with Crippen LogP contribution in [0.5, 0.6) is 0 Å². The molecule has 104 valence electrons. The molecule has 0 bridgehead atoms. The third-order valence-electron chi connectivity index (χ3n) is 3.32. The zero-order chi connectivity index (χ0) is 14.1. The molecule has 2 unspecified atom stereocenters. The summed E-state index contributed by atoms with van der Waals surface area (Å²) in [4.78, 5) is 0. The fraction of sp³-hybridized carbons (Fsp3) is 0.571. The normalized spacial score (nSPS) is 30.6. The molecule has 2 aliphatic rings. The molecule has 1 nitrogen and oxygen atoms in total. The van der Waals surface area contributed by atoms with Gasteiger partial charge in [0.25, 0.3) is 0 Å². The quantitative estimate of drug-likeness (QED) is 0.610. The molecular formula is C14H15ClF3N. The van der Waals surface area contributed by atoms with Crippen LogP contribution in [-0.4, -0.2) is 12.7 Å². The van der Waals surface area contributed by atoms with Crippen molar-refractivity contribution in [3.8, 4) is 11.8 Å². The lowest BCUT2D eigenvalue weighted by Gasteiger charge is -2.30. The van der Waals surface area contributed by atoms with Crippen molar-refractivity contribution in [1.29, 1.82) is 0 Å². The van der Waals surface area contributed by atoms with E-state index in [0.717, 1.165) is 25.0 Å². The average molecular weight is 290 g/mol. The number of alkyl halides is 3. The van der Waals surface area contributed by atoms with Crippen LogP contribution in [-0.2, 0) is 0 Å². The molecular weight excluding hydrogens is 275 g/mol. The molecule has 0 aliphatic heterocycles. The summed E-state index contributed by atoms with van der Waals surface area (Å²) in [6.45, 7) is 0.381. The molecule has 1 fully saturated rings. The van der Waals surface area contributed by atoms with Crippen LogP contribution in [0.4, 0.5) is 13.2 Å². The highest BCUT2D eigenvalue weighted by Crippen LogP contribution is 2.46. The van der Waals surface area contributed by atoms with E-state index in [1.807, 2.05) is 0 Å². The predicted molar refractivity (Wildman–Crippen MR) is 69.2 cm³/mol. The van der Waals surface area contributed by atoms with Crippen LogP contribution in [0.1, 0.15) is 19.3 Å². The number of nitrogens with two attached hydrogens (primary N) is 1. The van der Waals surface area contributed by atoms with Crippen molar-refractivity contribution < 1.29 is 13.2 Å². The van der Waals surface area contributed by atoms with Gasteiger partial charge in [0.15, 0.2) is 5.41 Å². The summed E-state index contributed by atoms with van der Waals surface area (Å²) in [6.07, 6.45) is 1.48. The Bertz CT molecular complexity index is 465. The standard InChI is InChI=1S/C14H15ClF3N/c15-12-9-13(14(16,17)18,6-3-10-1-2-10)7-4-11(12)5-8-19/h4,7,9-11H,1-2,5,8,19H2. The van der Waals surface area contributed by atoms with Crippen molar-refractivity contribution >= 4 is 11.6 Å². The zero-order valence-corrected chi connectivity index (χ0v) is 11.1. The fourth-order valence-corrected chi connectivity index (χ4v) is 2.27. The summed E-state index contributed by atoms with van der Waals surface area (Å²) >= 11 is 5.97. The maximum absolute atomic E-state index is 13.3. The first-order valence-corrected chi connectivity index (χ1v) is 6.63. The molecule has 2 atom stereocenters. The van der Waals surface area contributed by atoms with E-state index in [4.69, 9.17) is 17.3 Å². The van der Waals surface area contributed by atoms with Gasteiger partial charge in [0.05, 0.1) is 0 Å². The van der Waals surface area contributed by atoms with Gasteiger partial charge < -0.3 is 5.73 Å². The maximum atomic E-state index is 13.3. The van der Waals surface area contributed by atoms with Crippen molar-refractivity contribution in [2.45, 2.75) is 25.4 Å². The van der Waals surface area contributed by atoms with E-state index in [1.54, 1.807) is 0 Å². The second kappa shape index (κ2) is 5.22. The Morgan fingerprint density at radius 3 is 2.58 bits per heavy atom. The fourth-order valence-electron chi connectivity index (χ4n) is 1.92. The predicted octanol–water partition coefficient (Wildman–Crippen LogP) is 3.61. The van der Waals surface area contributed by atoms with E-state index in [1.165, 1.54) is 6.08 Å². The number of hydrogen-bond donors (Lipinski definition) is 1. The molecule has 2 N–H and O–H groups in total. The van der Waals surface area contributed by atoms with Gasteiger partial charge in [-0.1, -0.05) is 35.6 Å². The molecule has 0 aromatic rings. The lowest BCUT2D eigenvalue weighted by atomic mass is 9.80. The van der Waals surface area contributed by atoms with Crippen molar-refractivity contribution in [3.05, 3.63) is 23.3 Å². The second-order valence-corrected chi connectivity index (χ2v) is 5.42. The largest absolute Gasteiger partial charge is 0.412 e. The van der Waals surface area contributed by atoms with Gasteiger partial charge in [-0.05, 0) is 31.9 Å². The van der Waals surface area contributed by atoms with Crippen LogP contribution in [0.2, 0.25) is 0 Å². The molecule has 0 radical (unpaired) electrons. The van der Waals surface area contributed by atoms with Crippen LogP contribution in [0, 0.1) is 29.1 Å². The van der Waals surface area contributed by atoms with Gasteiger partial charge in [0.1, 0.15) is 0 Å². The Morgan fingerprint density at radius 2 is 2.11 bits per heavy atom. The number of hydrogen-bond acceptors (Lipinski definition) is 1. The SMILES string of the molecule is NCCC1C=CC(C#CC2CC2)(C(F)(F)F)C=C1Cl. The Kier molecular flexibility index (Phi) is 3.98. The maximum Gasteiger partial charge on any atom is 0.412 e. The Balaban J connectivity index is 2.31. The first-order valence-electron chi connectivity index (χ1n) is 6.25. The van der Waals surface area contributed by atoms with Crippen LogP contribution < -0.4 is 5.73 Å². The van der Waals surface area contributed by atoms with Gasteiger partial charge in [-0.15, -0.1) is 0 Å². The van der Waals surface area contributed by atoms with E-state index in [-0.39, 0.29) is 16.9 Å². The lowest BCUT2D eigenvalue weighted by Crippen LogP contribution is -2.35. The topological polar surface area (TPSA) is 26.0 Å². The van der Waals surface area contributed by atoms with Crippen molar-refractivity contribution in [2.24, 2.45) is 23.0 Å². The van der Waals surface area contributed by atoms with E-state index in [9.17, 15) is 13.2 Å². The molecule has 2 aliphatic carbocycles. The summed E-state index contributed by atoms with van der Waals surface area (Å²) in [7, 11) is 0. The van der Waals surface area contributed by atoms with Gasteiger partial charge in [-0.25, -0.2) is 0 Å². The Labute approximate surface area is 115 Å². The molecule has 5 heteroatoms. The van der Waals surface area contributed by atoms with E-state index < -0.39 is 11.6 Å². The number of halogens is 4. The summed E-state index contributed by atoms with van der Waals surface area (Å²) in [5, 5.41) is 0.176. The summed E-state index contributed by atoms with van der Waals surface area (Å²) in [5.74, 6) is 4.95. The molecule has 0 heterocycles. The van der Waals surface area contributed by atoms with Gasteiger partial charge in [0, 0.05) is 16.9 Å². The number of rotatable bonds is 2. The van der Waals surface area contributed by atoms with Gasteiger partial charge >= 0.3 is 6.18 Å². The van der Waals surface area contributed by atoms with Crippen LogP contribution >= 0.6 is 11.6 Å². The molecule has 0 saturated heterocycles. The molecule has 0 aromatic carbocycles. The first kappa shape index (κ1) is 14.5. The van der Waals surface area contributed by atoms with Crippen LogP contribution in [0.15, 0.2) is 23.3 Å². The van der Waals surface area contributed by atoms with Crippen LogP contribution in [0.3, 0.4) is 0 Å². The zero-order valence-electron chi connectivity index (χ0n) is 10.3. The average Bonchev–Trinajstić information content (AvgIpc) is 3.12. The molecule has 0 spiro atoms. The smallest absolute Gasteiger partial charge is 0.330 e. The molecule has 0 aromatic heterocycles. The van der Waals surface area contributed by atoms with Gasteiger partial charge in [-0.2, -0.15) is 13.2 Å². The van der Waals surface area contributed by atoms with Gasteiger partial charge in [0.2, 0.25) is 0 Å². The Morgan fingerprint density at radius 1 is 1.42 bits per heavy atom. The molecule has 19 heavy (non-hydrogen) atoms. The first-order chi connectivity index (χ1) is 8.88. The summed E-state index contributed by atoms with van der Waals surface area (Å²) < 4.78 is 39.8. The van der Waals surface area contributed by atoms with E-state index in [2.05, 4.69) is 11.8 Å². The third-order valence-corrected chi connectivity index (χ3v) is 3.71. The van der Waals surface area contributed by atoms with Gasteiger partial charge in [-0.3, -0.25) is 0 Å². The lowest BCUT2D eigenvalue weighted by molar-refractivity contribution is -0.171. The van der Waals surface area contributed by atoms with E-state index >= 15 is 0 Å². The highest BCUT2D eigenvalue weighted by molar-refractivity contribution is 6.30. The van der Waals surface area contributed by atoms with Crippen molar-refractivity contribution in [1.82, 2.24) is 0 Å². The number of allylic oxidation sites excluding steroid dienone is 4. The molecule has 0 amide bonds. The monoisotopic (exact) mass is 289 g/mol. The van der Waals surface area contributed by atoms with E-state index in [0.29, 0.717) is 13.0 Å². The summed E-state index contributed by atoms with van der Waals surface area (Å²) in [5.41, 5.74) is 3.17.